The van der Waals surface area contributed by atoms with Crippen molar-refractivity contribution in [3.05, 3.63) is 59.7 Å². The topological polar surface area (TPSA) is 59.9 Å². The largest absolute Gasteiger partial charge is 0.493 e. The second kappa shape index (κ2) is 8.72. The number of hydrogen-bond donors (Lipinski definition) is 1. The van der Waals surface area contributed by atoms with E-state index in [2.05, 4.69) is 10.5 Å². The Morgan fingerprint density at radius 2 is 1.88 bits per heavy atom. The van der Waals surface area contributed by atoms with Crippen LogP contribution >= 0.6 is 0 Å². The fourth-order valence-electron chi connectivity index (χ4n) is 2.06. The maximum absolute atomic E-state index is 12.1. The number of carbonyl (C=O) groups excluding carboxylic acids is 1. The third kappa shape index (κ3) is 5.12. The number of hydrogen-bond acceptors (Lipinski definition) is 4. The van der Waals surface area contributed by atoms with Crippen LogP contribution < -0.4 is 14.9 Å². The molecule has 0 unspecified atom stereocenters. The quantitative estimate of drug-likeness (QED) is 0.624. The zero-order valence-electron chi connectivity index (χ0n) is 14.2. The molecule has 0 radical (unpaired) electrons. The molecule has 1 amide bonds. The molecule has 0 aromatic heterocycles. The maximum atomic E-state index is 12.1. The van der Waals surface area contributed by atoms with Crippen LogP contribution in [0.15, 0.2) is 53.6 Å². The SMILES string of the molecule is CCOc1ccccc1/C=N\NC(=O)c1ccc(OC(C)C)cc1. The van der Waals surface area contributed by atoms with Crippen LogP contribution in [0, 0.1) is 0 Å². The monoisotopic (exact) mass is 326 g/mol. The van der Waals surface area contributed by atoms with Gasteiger partial charge in [-0.25, -0.2) is 5.43 Å². The van der Waals surface area contributed by atoms with Crippen LogP contribution in [0.1, 0.15) is 36.7 Å². The summed E-state index contributed by atoms with van der Waals surface area (Å²) in [6.45, 7) is 6.40. The minimum Gasteiger partial charge on any atom is -0.493 e. The summed E-state index contributed by atoms with van der Waals surface area (Å²) in [5, 5.41) is 4.00. The Morgan fingerprint density at radius 1 is 1.17 bits per heavy atom. The molecular formula is C19H22N2O3. The van der Waals surface area contributed by atoms with Gasteiger partial charge < -0.3 is 9.47 Å². The zero-order chi connectivity index (χ0) is 17.4. The highest BCUT2D eigenvalue weighted by atomic mass is 16.5. The number of nitrogens with one attached hydrogen (secondary N) is 1. The molecule has 0 atom stereocenters. The minimum atomic E-state index is -0.281. The van der Waals surface area contributed by atoms with Crippen molar-refractivity contribution in [1.29, 1.82) is 0 Å². The predicted molar refractivity (Wildman–Crippen MR) is 94.9 cm³/mol. The number of ether oxygens (including phenoxy) is 2. The number of rotatable bonds is 7. The van der Waals surface area contributed by atoms with Gasteiger partial charge in [0.25, 0.3) is 5.91 Å². The van der Waals surface area contributed by atoms with Gasteiger partial charge >= 0.3 is 0 Å². The summed E-state index contributed by atoms with van der Waals surface area (Å²) in [6, 6.07) is 14.5. The van der Waals surface area contributed by atoms with E-state index in [1.165, 1.54) is 0 Å². The van der Waals surface area contributed by atoms with Gasteiger partial charge in [-0.05, 0) is 57.2 Å². The Bertz CT molecular complexity index is 694. The van der Waals surface area contributed by atoms with Crippen LogP contribution in [-0.4, -0.2) is 24.8 Å². The van der Waals surface area contributed by atoms with Crippen LogP contribution in [0.4, 0.5) is 0 Å². The van der Waals surface area contributed by atoms with E-state index >= 15 is 0 Å². The summed E-state index contributed by atoms with van der Waals surface area (Å²) in [5.41, 5.74) is 3.83. The average Bonchev–Trinajstić information content (AvgIpc) is 2.56. The van der Waals surface area contributed by atoms with Crippen LogP contribution in [0.2, 0.25) is 0 Å². The molecule has 1 N–H and O–H groups in total. The number of hydrazone groups is 1. The third-order valence-corrected chi connectivity index (χ3v) is 3.08. The first kappa shape index (κ1) is 17.5. The molecule has 0 spiro atoms. The van der Waals surface area contributed by atoms with Crippen molar-refractivity contribution in [2.45, 2.75) is 26.9 Å². The molecule has 0 saturated carbocycles. The van der Waals surface area contributed by atoms with Gasteiger partial charge in [-0.2, -0.15) is 5.10 Å². The van der Waals surface area contributed by atoms with E-state index in [4.69, 9.17) is 9.47 Å². The number of carbonyl (C=O) groups is 1. The molecule has 24 heavy (non-hydrogen) atoms. The van der Waals surface area contributed by atoms with Crippen molar-refractivity contribution in [1.82, 2.24) is 5.43 Å². The molecule has 2 aromatic carbocycles. The molecule has 5 heteroatoms. The fraction of sp³-hybridized carbons (Fsp3) is 0.263. The summed E-state index contributed by atoms with van der Waals surface area (Å²) >= 11 is 0. The molecule has 0 aliphatic heterocycles. The Hall–Kier alpha value is -2.82. The van der Waals surface area contributed by atoms with Crippen molar-refractivity contribution in [2.24, 2.45) is 5.10 Å². The zero-order valence-corrected chi connectivity index (χ0v) is 14.2. The Balaban J connectivity index is 1.97. The van der Waals surface area contributed by atoms with Gasteiger partial charge in [-0.3, -0.25) is 4.79 Å². The Kier molecular flexibility index (Phi) is 6.37. The van der Waals surface area contributed by atoms with Crippen LogP contribution in [-0.2, 0) is 0 Å². The highest BCUT2D eigenvalue weighted by Crippen LogP contribution is 2.16. The second-order valence-corrected chi connectivity index (χ2v) is 5.36. The van der Waals surface area contributed by atoms with E-state index in [1.807, 2.05) is 45.0 Å². The first-order valence-corrected chi connectivity index (χ1v) is 7.92. The summed E-state index contributed by atoms with van der Waals surface area (Å²) in [5.74, 6) is 1.18. The van der Waals surface area contributed by atoms with E-state index in [0.717, 1.165) is 17.1 Å². The van der Waals surface area contributed by atoms with Crippen molar-refractivity contribution in [2.75, 3.05) is 6.61 Å². The molecule has 126 valence electrons. The van der Waals surface area contributed by atoms with Gasteiger partial charge in [0.1, 0.15) is 11.5 Å². The van der Waals surface area contributed by atoms with Crippen molar-refractivity contribution < 1.29 is 14.3 Å². The van der Waals surface area contributed by atoms with E-state index in [9.17, 15) is 4.79 Å². The molecule has 0 aliphatic carbocycles. The lowest BCUT2D eigenvalue weighted by Crippen LogP contribution is -2.17. The van der Waals surface area contributed by atoms with Crippen molar-refractivity contribution >= 4 is 12.1 Å². The Labute approximate surface area is 142 Å². The highest BCUT2D eigenvalue weighted by molar-refractivity contribution is 5.95. The van der Waals surface area contributed by atoms with Crippen LogP contribution in [0.3, 0.4) is 0 Å². The molecule has 0 saturated heterocycles. The molecule has 0 bridgehead atoms. The first-order chi connectivity index (χ1) is 11.6. The molecular weight excluding hydrogens is 304 g/mol. The second-order valence-electron chi connectivity index (χ2n) is 5.36. The van der Waals surface area contributed by atoms with Gasteiger partial charge in [0.15, 0.2) is 0 Å². The number of amides is 1. The standard InChI is InChI=1S/C19H22N2O3/c1-4-23-18-8-6-5-7-16(18)13-20-21-19(22)15-9-11-17(12-10-15)24-14(2)3/h5-14H,4H2,1-3H3,(H,21,22)/b20-13-. The number of benzene rings is 2. The van der Waals surface area contributed by atoms with E-state index < -0.39 is 0 Å². The number of nitrogens with zero attached hydrogens (tertiary/aromatic N) is 1. The number of para-hydroxylation sites is 1. The van der Waals surface area contributed by atoms with Gasteiger partial charge in [-0.15, -0.1) is 0 Å². The molecule has 0 aliphatic rings. The normalized spacial score (nSPS) is 10.8. The highest BCUT2D eigenvalue weighted by Gasteiger charge is 2.05. The lowest BCUT2D eigenvalue weighted by atomic mass is 10.2. The lowest BCUT2D eigenvalue weighted by Gasteiger charge is -2.09. The van der Waals surface area contributed by atoms with E-state index in [1.54, 1.807) is 30.5 Å². The van der Waals surface area contributed by atoms with Crippen LogP contribution in [0.5, 0.6) is 11.5 Å². The van der Waals surface area contributed by atoms with Gasteiger partial charge in [-0.1, -0.05) is 12.1 Å². The van der Waals surface area contributed by atoms with Gasteiger partial charge in [0, 0.05) is 11.1 Å². The lowest BCUT2D eigenvalue weighted by molar-refractivity contribution is 0.0955. The minimum absolute atomic E-state index is 0.0969. The Morgan fingerprint density at radius 3 is 2.54 bits per heavy atom. The first-order valence-electron chi connectivity index (χ1n) is 7.92. The fourth-order valence-corrected chi connectivity index (χ4v) is 2.06. The van der Waals surface area contributed by atoms with E-state index in [-0.39, 0.29) is 12.0 Å². The van der Waals surface area contributed by atoms with Gasteiger partial charge in [0.05, 0.1) is 18.9 Å². The summed E-state index contributed by atoms with van der Waals surface area (Å²) in [4.78, 5) is 12.1. The molecule has 0 fully saturated rings. The summed E-state index contributed by atoms with van der Waals surface area (Å²) < 4.78 is 11.1. The van der Waals surface area contributed by atoms with Crippen molar-refractivity contribution in [3.63, 3.8) is 0 Å². The predicted octanol–water partition coefficient (Wildman–Crippen LogP) is 3.64. The summed E-state index contributed by atoms with van der Waals surface area (Å²) in [7, 11) is 0. The average molecular weight is 326 g/mol. The third-order valence-electron chi connectivity index (χ3n) is 3.08. The molecule has 0 heterocycles. The van der Waals surface area contributed by atoms with Gasteiger partial charge in [0.2, 0.25) is 0 Å². The van der Waals surface area contributed by atoms with E-state index in [0.29, 0.717) is 12.2 Å². The summed E-state index contributed by atoms with van der Waals surface area (Å²) in [6.07, 6.45) is 1.67. The van der Waals surface area contributed by atoms with Crippen molar-refractivity contribution in [3.8, 4) is 11.5 Å². The maximum Gasteiger partial charge on any atom is 0.271 e. The van der Waals surface area contributed by atoms with Crippen LogP contribution in [0.25, 0.3) is 0 Å². The molecule has 2 rings (SSSR count). The smallest absolute Gasteiger partial charge is 0.271 e. The molecule has 2 aromatic rings. The molecule has 5 nitrogen and oxygen atoms in total.